The second kappa shape index (κ2) is 7.59. The van der Waals surface area contributed by atoms with E-state index in [0.717, 1.165) is 25.2 Å². The molecule has 14 heteroatoms. The van der Waals surface area contributed by atoms with Gasteiger partial charge in [0.15, 0.2) is 9.75 Å². The highest BCUT2D eigenvalue weighted by Gasteiger charge is 2.76. The van der Waals surface area contributed by atoms with Crippen LogP contribution >= 0.6 is 23.2 Å². The maximum absolute atomic E-state index is 13.4. The summed E-state index contributed by atoms with van der Waals surface area (Å²) in [5, 5.41) is 20.6. The predicted octanol–water partition coefficient (Wildman–Crippen LogP) is 2.67. The molecule has 9 nitrogen and oxygen atoms in total. The van der Waals surface area contributed by atoms with E-state index in [1.807, 2.05) is 0 Å². The lowest BCUT2D eigenvalue weighted by atomic mass is 9.56. The van der Waals surface area contributed by atoms with E-state index in [0.29, 0.717) is 4.90 Å². The van der Waals surface area contributed by atoms with Crippen molar-refractivity contribution in [1.29, 1.82) is 0 Å². The molecule has 2 N–H and O–H groups in total. The minimum Gasteiger partial charge on any atom is -0.508 e. The van der Waals surface area contributed by atoms with Crippen molar-refractivity contribution in [2.75, 3.05) is 7.05 Å². The lowest BCUT2D eigenvalue weighted by Gasteiger charge is -2.50. The van der Waals surface area contributed by atoms with Crippen LogP contribution in [0.5, 0.6) is 11.5 Å². The number of allylic oxidation sites excluding steroid dienone is 2. The van der Waals surface area contributed by atoms with E-state index in [1.165, 1.54) is 6.08 Å². The average molecular weight is 549 g/mol. The van der Waals surface area contributed by atoms with Gasteiger partial charge in [-0.15, -0.1) is 36.4 Å². The number of aromatic hydroxyl groups is 1. The molecule has 192 valence electrons. The Morgan fingerprint density at radius 1 is 1.08 bits per heavy atom. The number of alkyl halides is 5. The molecule has 0 spiro atoms. The first-order valence-corrected chi connectivity index (χ1v) is 11.4. The van der Waals surface area contributed by atoms with E-state index < -0.39 is 74.9 Å². The first-order valence-electron chi connectivity index (χ1n) is 10.7. The Balaban J connectivity index is 1.75. The lowest BCUT2D eigenvalue weighted by molar-refractivity contribution is -0.274. The molecule has 5 rings (SSSR count). The highest BCUT2D eigenvalue weighted by Crippen LogP contribution is 2.66. The van der Waals surface area contributed by atoms with Gasteiger partial charge in [-0.25, -0.2) is 0 Å². The zero-order chi connectivity index (χ0) is 26.5. The van der Waals surface area contributed by atoms with Crippen molar-refractivity contribution in [3.05, 3.63) is 35.4 Å². The number of likely N-dealkylation sites (tertiary alicyclic amines) is 1. The van der Waals surface area contributed by atoms with Crippen LogP contribution in [0.15, 0.2) is 29.8 Å². The van der Waals surface area contributed by atoms with E-state index in [4.69, 9.17) is 23.2 Å². The van der Waals surface area contributed by atoms with Crippen LogP contribution in [0.2, 0.25) is 0 Å². The van der Waals surface area contributed by atoms with Crippen molar-refractivity contribution < 1.29 is 47.4 Å². The number of ether oxygens (including phenoxy) is 1. The Morgan fingerprint density at radius 2 is 1.75 bits per heavy atom. The van der Waals surface area contributed by atoms with Crippen LogP contribution in [-0.2, 0) is 19.2 Å². The number of carbonyl (C=O) groups excluding carboxylic acids is 4. The molecule has 0 aromatic heterocycles. The van der Waals surface area contributed by atoms with E-state index in [9.17, 15) is 42.7 Å². The summed E-state index contributed by atoms with van der Waals surface area (Å²) in [6.45, 7) is 0. The summed E-state index contributed by atoms with van der Waals surface area (Å²) in [5.74, 6) is -9.55. The Morgan fingerprint density at radius 3 is 2.39 bits per heavy atom. The Labute approximate surface area is 210 Å². The molecule has 0 radical (unpaired) electrons. The third-order valence-electron chi connectivity index (χ3n) is 7.53. The van der Waals surface area contributed by atoms with E-state index in [1.54, 1.807) is 0 Å². The minimum absolute atomic E-state index is 0.00636. The van der Waals surface area contributed by atoms with E-state index in [-0.39, 0.29) is 29.0 Å². The number of imide groups is 2. The number of benzene rings is 1. The summed E-state index contributed by atoms with van der Waals surface area (Å²) in [5.41, 5.74) is -0.0601. The van der Waals surface area contributed by atoms with Gasteiger partial charge < -0.3 is 9.84 Å². The molecule has 2 saturated heterocycles. The Hall–Kier alpha value is -2.83. The SMILES string of the molecule is CN1C(=O)[C@]2(Cl)C[C@@H]3C(=CC[C@@H]4C(=O)N(O)C(=O)[C@@H]43)[C@H](c3cc(OC(F)(F)F)ccc3O)[C@]2(Cl)C1=O. The summed E-state index contributed by atoms with van der Waals surface area (Å²) >= 11 is 13.7. The first-order chi connectivity index (χ1) is 16.6. The van der Waals surface area contributed by atoms with Crippen molar-refractivity contribution >= 4 is 46.8 Å². The Bertz CT molecular complexity index is 1270. The first kappa shape index (κ1) is 24.8. The second-order valence-electron chi connectivity index (χ2n) is 9.25. The average Bonchev–Trinajstić information content (AvgIpc) is 3.09. The standard InChI is InChI=1S/C22H17Cl2F3N2O7/c1-28-18(33)20(23)7-12-9(3-4-10-14(12)17(32)29(35)16(10)31)15(21(20,24)19(28)34)11-6-8(2-5-13(11)30)36-22(25,26)27/h2-3,5-6,10,12,14-15,30,35H,4,7H2,1H3/t10-,12+,14-,15+,20+,21-/m0/s1. The monoisotopic (exact) mass is 548 g/mol. The zero-order valence-electron chi connectivity index (χ0n) is 18.3. The van der Waals surface area contributed by atoms with Crippen molar-refractivity contribution in [3.63, 3.8) is 0 Å². The number of phenolic OH excluding ortho intramolecular Hbond substituents is 1. The molecule has 2 heterocycles. The van der Waals surface area contributed by atoms with Crippen LogP contribution in [-0.4, -0.2) is 67.1 Å². The number of rotatable bonds is 2. The summed E-state index contributed by atoms with van der Waals surface area (Å²) in [4.78, 5) is 48.0. The van der Waals surface area contributed by atoms with Gasteiger partial charge in [0, 0.05) is 18.5 Å². The molecular formula is C22H17Cl2F3N2O7. The van der Waals surface area contributed by atoms with Gasteiger partial charge in [0.25, 0.3) is 23.6 Å². The summed E-state index contributed by atoms with van der Waals surface area (Å²) in [6, 6.07) is 2.59. The number of hydrogen-bond donors (Lipinski definition) is 2. The van der Waals surface area contributed by atoms with Gasteiger partial charge >= 0.3 is 6.36 Å². The maximum Gasteiger partial charge on any atom is 0.573 e. The molecule has 6 atom stereocenters. The van der Waals surface area contributed by atoms with Crippen LogP contribution in [0.1, 0.15) is 24.3 Å². The van der Waals surface area contributed by atoms with Crippen LogP contribution in [0.25, 0.3) is 0 Å². The number of carbonyl (C=O) groups is 4. The fraction of sp³-hybridized carbons (Fsp3) is 0.455. The van der Waals surface area contributed by atoms with Gasteiger partial charge in [0.2, 0.25) is 0 Å². The fourth-order valence-corrected chi connectivity index (χ4v) is 7.05. The van der Waals surface area contributed by atoms with Gasteiger partial charge in [-0.05, 0) is 37.0 Å². The molecule has 0 unspecified atom stereocenters. The predicted molar refractivity (Wildman–Crippen MR) is 114 cm³/mol. The molecular weight excluding hydrogens is 532 g/mol. The number of hydrogen-bond acceptors (Lipinski definition) is 7. The topological polar surface area (TPSA) is 124 Å². The molecule has 2 aliphatic heterocycles. The van der Waals surface area contributed by atoms with Crippen LogP contribution in [0.4, 0.5) is 13.2 Å². The largest absolute Gasteiger partial charge is 0.573 e. The number of hydroxylamine groups is 2. The third-order valence-corrected chi connectivity index (χ3v) is 8.95. The number of nitrogens with zero attached hydrogens (tertiary/aromatic N) is 2. The third kappa shape index (κ3) is 3.07. The molecule has 2 aliphatic carbocycles. The maximum atomic E-state index is 13.4. The molecule has 1 aromatic carbocycles. The van der Waals surface area contributed by atoms with Crippen molar-refractivity contribution in [2.45, 2.75) is 34.9 Å². The van der Waals surface area contributed by atoms with Gasteiger partial charge in [0.1, 0.15) is 11.5 Å². The summed E-state index contributed by atoms with van der Waals surface area (Å²) in [7, 11) is 1.14. The van der Waals surface area contributed by atoms with E-state index >= 15 is 0 Å². The quantitative estimate of drug-likeness (QED) is 0.252. The van der Waals surface area contributed by atoms with Crippen molar-refractivity contribution in [2.24, 2.45) is 17.8 Å². The molecule has 1 saturated carbocycles. The molecule has 4 amide bonds. The van der Waals surface area contributed by atoms with Crippen LogP contribution in [0, 0.1) is 17.8 Å². The van der Waals surface area contributed by atoms with E-state index in [2.05, 4.69) is 4.74 Å². The minimum atomic E-state index is -5.07. The normalized spacial score (nSPS) is 36.0. The summed E-state index contributed by atoms with van der Waals surface area (Å²) in [6.07, 6.45) is -4.01. The van der Waals surface area contributed by atoms with Crippen molar-refractivity contribution in [1.82, 2.24) is 9.96 Å². The second-order valence-corrected chi connectivity index (χ2v) is 10.5. The molecule has 1 aromatic rings. The number of phenols is 1. The summed E-state index contributed by atoms with van der Waals surface area (Å²) < 4.78 is 42.7. The smallest absolute Gasteiger partial charge is 0.508 e. The highest BCUT2D eigenvalue weighted by molar-refractivity contribution is 6.53. The number of fused-ring (bicyclic) bond motifs is 4. The van der Waals surface area contributed by atoms with Crippen molar-refractivity contribution in [3.8, 4) is 11.5 Å². The molecule has 4 aliphatic rings. The van der Waals surface area contributed by atoms with Gasteiger partial charge in [-0.1, -0.05) is 11.6 Å². The fourth-order valence-electron chi connectivity index (χ4n) is 6.03. The zero-order valence-corrected chi connectivity index (χ0v) is 19.8. The van der Waals surface area contributed by atoms with Gasteiger partial charge in [0.05, 0.1) is 11.8 Å². The molecule has 3 fully saturated rings. The molecule has 0 bridgehead atoms. The lowest BCUT2D eigenvalue weighted by Crippen LogP contribution is -2.60. The van der Waals surface area contributed by atoms with Crippen LogP contribution < -0.4 is 4.74 Å². The van der Waals surface area contributed by atoms with Crippen LogP contribution in [0.3, 0.4) is 0 Å². The number of halogens is 5. The Kier molecular flexibility index (Phi) is 5.24. The van der Waals surface area contributed by atoms with Gasteiger partial charge in [-0.3, -0.25) is 29.3 Å². The molecule has 36 heavy (non-hydrogen) atoms. The van der Waals surface area contributed by atoms with Gasteiger partial charge in [-0.2, -0.15) is 5.06 Å². The number of amides is 4. The highest BCUT2D eigenvalue weighted by atomic mass is 35.5.